The van der Waals surface area contributed by atoms with Crippen LogP contribution in [-0.4, -0.2) is 14.2 Å². The number of hydrogen-bond donors (Lipinski definition) is 1. The van der Waals surface area contributed by atoms with Gasteiger partial charge in [0.25, 0.3) is 0 Å². The van der Waals surface area contributed by atoms with Gasteiger partial charge in [-0.05, 0) is 49.9 Å². The number of aryl methyl sites for hydroxylation is 1. The van der Waals surface area contributed by atoms with Crippen molar-refractivity contribution in [3.05, 3.63) is 53.3 Å². The fraction of sp³-hybridized carbons (Fsp3) is 0.250. The molecule has 3 nitrogen and oxygen atoms in total. The molecule has 0 aromatic heterocycles. The van der Waals surface area contributed by atoms with Crippen molar-refractivity contribution < 1.29 is 13.9 Å². The van der Waals surface area contributed by atoms with E-state index in [0.717, 1.165) is 11.1 Å². The van der Waals surface area contributed by atoms with Crippen molar-refractivity contribution in [3.8, 4) is 17.2 Å². The molecule has 106 valence electrons. The van der Waals surface area contributed by atoms with Gasteiger partial charge < -0.3 is 14.8 Å². The molecule has 0 amide bonds. The molecule has 0 unspecified atom stereocenters. The molecule has 0 aliphatic rings. The molecule has 0 radical (unpaired) electrons. The monoisotopic (exact) mass is 275 g/mol. The van der Waals surface area contributed by atoms with Gasteiger partial charge in [0.2, 0.25) is 0 Å². The molecular weight excluding hydrogens is 257 g/mol. The van der Waals surface area contributed by atoms with Crippen LogP contribution in [0.1, 0.15) is 11.1 Å². The van der Waals surface area contributed by atoms with Gasteiger partial charge in [0.05, 0.1) is 7.11 Å². The molecule has 4 heteroatoms. The van der Waals surface area contributed by atoms with E-state index in [9.17, 15) is 4.39 Å². The van der Waals surface area contributed by atoms with E-state index in [1.54, 1.807) is 20.2 Å². The van der Waals surface area contributed by atoms with Crippen molar-refractivity contribution in [2.75, 3.05) is 14.2 Å². The molecule has 2 aromatic rings. The Kier molecular flexibility index (Phi) is 4.58. The van der Waals surface area contributed by atoms with Crippen LogP contribution in [-0.2, 0) is 6.54 Å². The number of nitrogens with one attached hydrogen (secondary N) is 1. The Hall–Kier alpha value is -2.07. The van der Waals surface area contributed by atoms with Crippen molar-refractivity contribution in [3.63, 3.8) is 0 Å². The molecule has 0 aliphatic heterocycles. The average Bonchev–Trinajstić information content (AvgIpc) is 2.43. The summed E-state index contributed by atoms with van der Waals surface area (Å²) in [5.41, 5.74) is 1.85. The number of halogens is 1. The standard InChI is InChI=1S/C16H18FNO2/c1-11-4-6-15(16(8-11)19-3)20-14-7-5-13(17)9-12(14)10-18-2/h4-9,18H,10H2,1-3H3. The molecular formula is C16H18FNO2. The molecule has 0 atom stereocenters. The van der Waals surface area contributed by atoms with Crippen LogP contribution >= 0.6 is 0 Å². The Balaban J connectivity index is 2.34. The molecule has 0 spiro atoms. The summed E-state index contributed by atoms with van der Waals surface area (Å²) in [6, 6.07) is 10.2. The summed E-state index contributed by atoms with van der Waals surface area (Å²) in [6.07, 6.45) is 0. The van der Waals surface area contributed by atoms with Crippen LogP contribution < -0.4 is 14.8 Å². The van der Waals surface area contributed by atoms with Gasteiger partial charge in [0.1, 0.15) is 11.6 Å². The maximum Gasteiger partial charge on any atom is 0.169 e. The molecule has 0 aliphatic carbocycles. The third-order valence-electron chi connectivity index (χ3n) is 2.93. The maximum atomic E-state index is 13.3. The van der Waals surface area contributed by atoms with E-state index in [2.05, 4.69) is 5.32 Å². The number of ether oxygens (including phenoxy) is 2. The minimum Gasteiger partial charge on any atom is -0.493 e. The third-order valence-corrected chi connectivity index (χ3v) is 2.93. The minimum absolute atomic E-state index is 0.279. The fourth-order valence-corrected chi connectivity index (χ4v) is 1.95. The third kappa shape index (κ3) is 3.27. The Morgan fingerprint density at radius 3 is 2.50 bits per heavy atom. The van der Waals surface area contributed by atoms with E-state index < -0.39 is 0 Å². The topological polar surface area (TPSA) is 30.5 Å². The predicted octanol–water partition coefficient (Wildman–Crippen LogP) is 3.65. The van der Waals surface area contributed by atoms with Gasteiger partial charge in [-0.1, -0.05) is 6.07 Å². The number of rotatable bonds is 5. The van der Waals surface area contributed by atoms with Gasteiger partial charge in [-0.2, -0.15) is 0 Å². The highest BCUT2D eigenvalue weighted by Gasteiger charge is 2.10. The van der Waals surface area contributed by atoms with Crippen molar-refractivity contribution in [2.45, 2.75) is 13.5 Å². The van der Waals surface area contributed by atoms with Crippen molar-refractivity contribution in [1.29, 1.82) is 0 Å². The first-order chi connectivity index (χ1) is 9.63. The quantitative estimate of drug-likeness (QED) is 0.903. The number of methoxy groups -OCH3 is 1. The first kappa shape index (κ1) is 14.3. The summed E-state index contributed by atoms with van der Waals surface area (Å²) in [6.45, 7) is 2.51. The molecule has 0 bridgehead atoms. The Bertz CT molecular complexity index is 599. The first-order valence-corrected chi connectivity index (χ1v) is 6.39. The lowest BCUT2D eigenvalue weighted by atomic mass is 10.2. The molecule has 0 heterocycles. The summed E-state index contributed by atoms with van der Waals surface area (Å²) < 4.78 is 24.5. The second-order valence-corrected chi connectivity index (χ2v) is 4.54. The SMILES string of the molecule is CNCc1cc(F)ccc1Oc1ccc(C)cc1OC. The van der Waals surface area contributed by atoms with E-state index in [4.69, 9.17) is 9.47 Å². The zero-order valence-corrected chi connectivity index (χ0v) is 11.9. The van der Waals surface area contributed by atoms with E-state index in [1.165, 1.54) is 12.1 Å². The van der Waals surface area contributed by atoms with Crippen LogP contribution in [0, 0.1) is 12.7 Å². The van der Waals surface area contributed by atoms with Gasteiger partial charge in [-0.25, -0.2) is 4.39 Å². The summed E-state index contributed by atoms with van der Waals surface area (Å²) in [5.74, 6) is 1.60. The van der Waals surface area contributed by atoms with Gasteiger partial charge in [0, 0.05) is 12.1 Å². The van der Waals surface area contributed by atoms with Crippen LogP contribution in [0.15, 0.2) is 36.4 Å². The van der Waals surface area contributed by atoms with Crippen LogP contribution in [0.4, 0.5) is 4.39 Å². The van der Waals surface area contributed by atoms with Crippen molar-refractivity contribution >= 4 is 0 Å². The van der Waals surface area contributed by atoms with Gasteiger partial charge in [-0.3, -0.25) is 0 Å². The molecule has 1 N–H and O–H groups in total. The summed E-state index contributed by atoms with van der Waals surface area (Å²) >= 11 is 0. The van der Waals surface area contributed by atoms with E-state index in [1.807, 2.05) is 25.1 Å². The molecule has 0 saturated carbocycles. The molecule has 2 rings (SSSR count). The zero-order valence-electron chi connectivity index (χ0n) is 11.9. The van der Waals surface area contributed by atoms with Crippen molar-refractivity contribution in [1.82, 2.24) is 5.32 Å². The smallest absolute Gasteiger partial charge is 0.169 e. The van der Waals surface area contributed by atoms with Crippen LogP contribution in [0.5, 0.6) is 17.2 Å². The minimum atomic E-state index is -0.279. The van der Waals surface area contributed by atoms with Gasteiger partial charge in [0.15, 0.2) is 11.5 Å². The fourth-order valence-electron chi connectivity index (χ4n) is 1.95. The number of benzene rings is 2. The lowest BCUT2D eigenvalue weighted by Crippen LogP contribution is -2.07. The van der Waals surface area contributed by atoms with E-state index in [-0.39, 0.29) is 5.82 Å². The van der Waals surface area contributed by atoms with E-state index >= 15 is 0 Å². The van der Waals surface area contributed by atoms with Crippen LogP contribution in [0.25, 0.3) is 0 Å². The Labute approximate surface area is 118 Å². The Morgan fingerprint density at radius 2 is 1.80 bits per heavy atom. The zero-order chi connectivity index (χ0) is 14.5. The second-order valence-electron chi connectivity index (χ2n) is 4.54. The normalized spacial score (nSPS) is 10.4. The predicted molar refractivity (Wildman–Crippen MR) is 77.0 cm³/mol. The summed E-state index contributed by atoms with van der Waals surface area (Å²) in [4.78, 5) is 0. The highest BCUT2D eigenvalue weighted by Crippen LogP contribution is 2.33. The average molecular weight is 275 g/mol. The second kappa shape index (κ2) is 6.39. The lowest BCUT2D eigenvalue weighted by Gasteiger charge is -2.14. The highest BCUT2D eigenvalue weighted by molar-refractivity contribution is 5.46. The maximum absolute atomic E-state index is 13.3. The van der Waals surface area contributed by atoms with Crippen LogP contribution in [0.3, 0.4) is 0 Å². The molecule has 20 heavy (non-hydrogen) atoms. The van der Waals surface area contributed by atoms with E-state index in [0.29, 0.717) is 23.8 Å². The molecule has 0 fully saturated rings. The summed E-state index contributed by atoms with van der Waals surface area (Å²) in [7, 11) is 3.40. The van der Waals surface area contributed by atoms with Gasteiger partial charge >= 0.3 is 0 Å². The molecule has 2 aromatic carbocycles. The first-order valence-electron chi connectivity index (χ1n) is 6.39. The largest absolute Gasteiger partial charge is 0.493 e. The molecule has 0 saturated heterocycles. The van der Waals surface area contributed by atoms with Crippen molar-refractivity contribution in [2.24, 2.45) is 0 Å². The highest BCUT2D eigenvalue weighted by atomic mass is 19.1. The van der Waals surface area contributed by atoms with Crippen LogP contribution in [0.2, 0.25) is 0 Å². The van der Waals surface area contributed by atoms with Gasteiger partial charge in [-0.15, -0.1) is 0 Å². The number of hydrogen-bond acceptors (Lipinski definition) is 3. The lowest BCUT2D eigenvalue weighted by molar-refractivity contribution is 0.376. The summed E-state index contributed by atoms with van der Waals surface area (Å²) in [5, 5.41) is 3.00. The Morgan fingerprint density at radius 1 is 1.05 bits per heavy atom.